The van der Waals surface area contributed by atoms with E-state index in [1.807, 2.05) is 18.2 Å². The van der Waals surface area contributed by atoms with Crippen molar-refractivity contribution in [1.82, 2.24) is 4.90 Å². The van der Waals surface area contributed by atoms with Crippen LogP contribution < -0.4 is 0 Å². The highest BCUT2D eigenvalue weighted by Crippen LogP contribution is 2.18. The van der Waals surface area contributed by atoms with Gasteiger partial charge in [-0.25, -0.2) is 0 Å². The molecule has 5 heteroatoms. The highest BCUT2D eigenvalue weighted by Gasteiger charge is 2.13. The number of aliphatic hydroxyl groups is 1. The summed E-state index contributed by atoms with van der Waals surface area (Å²) >= 11 is 1.76. The van der Waals surface area contributed by atoms with Gasteiger partial charge in [0.2, 0.25) is 5.91 Å². The number of amides is 1. The predicted molar refractivity (Wildman–Crippen MR) is 81.9 cm³/mol. The minimum atomic E-state index is -0.618. The predicted octanol–water partition coefficient (Wildman–Crippen LogP) is 2.02. The fourth-order valence-electron chi connectivity index (χ4n) is 1.78. The number of thioether (sulfide) groups is 1. The van der Waals surface area contributed by atoms with Gasteiger partial charge in [-0.05, 0) is 24.3 Å². The van der Waals surface area contributed by atoms with Gasteiger partial charge in [0.1, 0.15) is 0 Å². The van der Waals surface area contributed by atoms with Crippen molar-refractivity contribution in [3.8, 4) is 0 Å². The first-order chi connectivity index (χ1) is 9.63. The van der Waals surface area contributed by atoms with Gasteiger partial charge in [0.05, 0.1) is 12.7 Å². The number of carbonyl (C=O) groups excluding carboxylic acids is 1. The van der Waals surface area contributed by atoms with Crippen molar-refractivity contribution in [1.29, 1.82) is 0 Å². The monoisotopic (exact) mass is 297 g/mol. The normalized spacial score (nSPS) is 12.2. The molecule has 0 aliphatic carbocycles. The maximum absolute atomic E-state index is 11.9. The van der Waals surface area contributed by atoms with Gasteiger partial charge >= 0.3 is 0 Å². The fraction of sp³-hybridized carbons (Fsp3) is 0.533. The van der Waals surface area contributed by atoms with Crippen molar-refractivity contribution in [2.45, 2.75) is 23.8 Å². The number of rotatable bonds is 9. The molecule has 20 heavy (non-hydrogen) atoms. The molecule has 1 aromatic carbocycles. The molecule has 1 amide bonds. The van der Waals surface area contributed by atoms with E-state index in [0.717, 1.165) is 12.2 Å². The van der Waals surface area contributed by atoms with E-state index in [0.29, 0.717) is 13.0 Å². The number of aliphatic hydroxyl groups excluding tert-OH is 1. The van der Waals surface area contributed by atoms with Gasteiger partial charge in [-0.2, -0.15) is 0 Å². The van der Waals surface area contributed by atoms with Gasteiger partial charge in [-0.1, -0.05) is 18.2 Å². The first-order valence-corrected chi connectivity index (χ1v) is 7.71. The van der Waals surface area contributed by atoms with E-state index in [1.165, 1.54) is 12.0 Å². The fourth-order valence-corrected chi connectivity index (χ4v) is 2.66. The molecule has 0 spiro atoms. The van der Waals surface area contributed by atoms with E-state index in [2.05, 4.69) is 12.1 Å². The van der Waals surface area contributed by atoms with Crippen LogP contribution in [0.4, 0.5) is 0 Å². The molecular formula is C15H23NO3S. The summed E-state index contributed by atoms with van der Waals surface area (Å²) in [7, 11) is 3.25. The second kappa shape index (κ2) is 9.80. The number of ether oxygens (including phenoxy) is 1. The second-order valence-electron chi connectivity index (χ2n) is 4.65. The molecule has 0 saturated heterocycles. The largest absolute Gasteiger partial charge is 0.389 e. The van der Waals surface area contributed by atoms with E-state index < -0.39 is 6.10 Å². The Labute approximate surface area is 125 Å². The second-order valence-corrected chi connectivity index (χ2v) is 5.82. The van der Waals surface area contributed by atoms with Gasteiger partial charge in [0.25, 0.3) is 0 Å². The third-order valence-electron chi connectivity index (χ3n) is 2.82. The summed E-state index contributed by atoms with van der Waals surface area (Å²) in [6.07, 6.45) is 0.728. The number of methoxy groups -OCH3 is 1. The van der Waals surface area contributed by atoms with Crippen LogP contribution in [0.1, 0.15) is 12.8 Å². The molecule has 1 N–H and O–H groups in total. The summed E-state index contributed by atoms with van der Waals surface area (Å²) in [5.74, 6) is 0.985. The van der Waals surface area contributed by atoms with Gasteiger partial charge in [0, 0.05) is 32.0 Å². The maximum Gasteiger partial charge on any atom is 0.222 e. The highest BCUT2D eigenvalue weighted by molar-refractivity contribution is 7.99. The molecule has 0 aliphatic rings. The molecule has 0 heterocycles. The smallest absolute Gasteiger partial charge is 0.222 e. The zero-order valence-electron chi connectivity index (χ0n) is 12.1. The van der Waals surface area contributed by atoms with Crippen molar-refractivity contribution in [2.24, 2.45) is 0 Å². The zero-order chi connectivity index (χ0) is 14.8. The molecule has 0 fully saturated rings. The summed E-state index contributed by atoms with van der Waals surface area (Å²) in [6, 6.07) is 10.2. The standard InChI is InChI=1S/C15H23NO3S/c1-16(11-13(17)12-19-2)15(18)9-6-10-20-14-7-4-3-5-8-14/h3-5,7-8,13,17H,6,9-12H2,1-2H3. The van der Waals surface area contributed by atoms with Crippen LogP contribution in [0.25, 0.3) is 0 Å². The van der Waals surface area contributed by atoms with Crippen molar-refractivity contribution < 1.29 is 14.6 Å². The average Bonchev–Trinajstić information content (AvgIpc) is 2.44. The quantitative estimate of drug-likeness (QED) is 0.560. The Balaban J connectivity index is 2.16. The molecule has 1 unspecified atom stereocenters. The number of carbonyl (C=O) groups is 1. The number of likely N-dealkylation sites (N-methyl/N-ethyl adjacent to an activating group) is 1. The average molecular weight is 297 g/mol. The molecule has 0 saturated carbocycles. The summed E-state index contributed by atoms with van der Waals surface area (Å²) in [4.78, 5) is 14.7. The van der Waals surface area contributed by atoms with E-state index in [9.17, 15) is 9.90 Å². The Morgan fingerprint density at radius 2 is 2.10 bits per heavy atom. The van der Waals surface area contributed by atoms with Crippen LogP contribution in [0.15, 0.2) is 35.2 Å². The van der Waals surface area contributed by atoms with Gasteiger partial charge in [0.15, 0.2) is 0 Å². The van der Waals surface area contributed by atoms with Crippen LogP contribution in [0, 0.1) is 0 Å². The van der Waals surface area contributed by atoms with Crippen molar-refractivity contribution >= 4 is 17.7 Å². The Kier molecular flexibility index (Phi) is 8.34. The molecule has 0 bridgehead atoms. The van der Waals surface area contributed by atoms with Crippen LogP contribution in [0.2, 0.25) is 0 Å². The molecule has 1 atom stereocenters. The summed E-state index contributed by atoms with van der Waals surface area (Å²) in [5, 5.41) is 9.57. The zero-order valence-corrected chi connectivity index (χ0v) is 12.9. The molecular weight excluding hydrogens is 274 g/mol. The summed E-state index contributed by atoms with van der Waals surface area (Å²) < 4.78 is 4.84. The van der Waals surface area contributed by atoms with Crippen LogP contribution in [0.3, 0.4) is 0 Å². The van der Waals surface area contributed by atoms with Crippen LogP contribution >= 0.6 is 11.8 Å². The summed E-state index contributed by atoms with van der Waals surface area (Å²) in [6.45, 7) is 0.569. The van der Waals surface area contributed by atoms with E-state index >= 15 is 0 Å². The molecule has 4 nitrogen and oxygen atoms in total. The van der Waals surface area contributed by atoms with Gasteiger partial charge in [-0.15, -0.1) is 11.8 Å². The third-order valence-corrected chi connectivity index (χ3v) is 3.91. The number of hydrogen-bond donors (Lipinski definition) is 1. The summed E-state index contributed by atoms with van der Waals surface area (Å²) in [5.41, 5.74) is 0. The molecule has 112 valence electrons. The minimum absolute atomic E-state index is 0.0637. The topological polar surface area (TPSA) is 49.8 Å². The van der Waals surface area contributed by atoms with E-state index in [-0.39, 0.29) is 12.5 Å². The molecule has 0 radical (unpaired) electrons. The van der Waals surface area contributed by atoms with E-state index in [4.69, 9.17) is 4.74 Å². The highest BCUT2D eigenvalue weighted by atomic mass is 32.2. The lowest BCUT2D eigenvalue weighted by Gasteiger charge is -2.20. The lowest BCUT2D eigenvalue weighted by Crippen LogP contribution is -2.36. The third kappa shape index (κ3) is 6.93. The van der Waals surface area contributed by atoms with Crippen LogP contribution in [0.5, 0.6) is 0 Å². The molecule has 1 rings (SSSR count). The number of nitrogens with zero attached hydrogens (tertiary/aromatic N) is 1. The van der Waals surface area contributed by atoms with Crippen molar-refractivity contribution in [2.75, 3.05) is 33.1 Å². The Morgan fingerprint density at radius 1 is 1.40 bits per heavy atom. The first-order valence-electron chi connectivity index (χ1n) is 6.72. The molecule has 0 aromatic heterocycles. The minimum Gasteiger partial charge on any atom is -0.389 e. The maximum atomic E-state index is 11.9. The number of benzene rings is 1. The lowest BCUT2D eigenvalue weighted by molar-refractivity contribution is -0.131. The molecule has 1 aromatic rings. The molecule has 0 aliphatic heterocycles. The van der Waals surface area contributed by atoms with Gasteiger partial charge < -0.3 is 14.7 Å². The SMILES string of the molecule is COCC(O)CN(C)C(=O)CCCSc1ccccc1. The van der Waals surface area contributed by atoms with E-state index in [1.54, 1.807) is 23.7 Å². The van der Waals surface area contributed by atoms with Crippen LogP contribution in [-0.2, 0) is 9.53 Å². The van der Waals surface area contributed by atoms with Gasteiger partial charge in [-0.3, -0.25) is 4.79 Å². The lowest BCUT2D eigenvalue weighted by atomic mass is 10.3. The first kappa shape index (κ1) is 17.0. The Bertz CT molecular complexity index is 386. The van der Waals surface area contributed by atoms with Crippen molar-refractivity contribution in [3.05, 3.63) is 30.3 Å². The Morgan fingerprint density at radius 3 is 2.75 bits per heavy atom. The van der Waals surface area contributed by atoms with Crippen molar-refractivity contribution in [3.63, 3.8) is 0 Å². The Hall–Kier alpha value is -1.04. The van der Waals surface area contributed by atoms with Crippen LogP contribution in [-0.4, -0.2) is 55.1 Å². The number of hydrogen-bond acceptors (Lipinski definition) is 4.